The third-order valence-corrected chi connectivity index (χ3v) is 6.82. The molecule has 0 bridgehead atoms. The standard InChI is InChI=1S/C25H23Cl2N9O4/c1-29-24(38)21-18(34-35-28)20(37)25(40-21)36-12-33-19-22(31-11-32-23(19)36)30-9-14-8-16(27)6-7-17(14)39-10-13-2-4-15(26)5-3-13/h2-8,11-12,18,20-21,25,37H,9-10H2,1H3,(H,29,38)(H,30,31,32)/t18-,20+,21-,25+/m0/s1. The number of ether oxygens (including phenoxy) is 2. The van der Waals surface area contributed by atoms with Gasteiger partial charge in [-0.05, 0) is 41.4 Å². The fourth-order valence-electron chi connectivity index (χ4n) is 4.35. The minimum absolute atomic E-state index is 0.301. The Morgan fingerprint density at radius 3 is 2.73 bits per heavy atom. The van der Waals surface area contributed by atoms with Crippen LogP contribution < -0.4 is 15.4 Å². The van der Waals surface area contributed by atoms with E-state index in [4.69, 9.17) is 38.2 Å². The summed E-state index contributed by atoms with van der Waals surface area (Å²) in [6.45, 7) is 0.640. The summed E-state index contributed by atoms with van der Waals surface area (Å²) >= 11 is 12.2. The van der Waals surface area contributed by atoms with Crippen molar-refractivity contribution in [2.24, 2.45) is 5.11 Å². The number of imidazole rings is 1. The average molecular weight is 584 g/mol. The van der Waals surface area contributed by atoms with Gasteiger partial charge in [-0.15, -0.1) is 0 Å². The molecular formula is C25H23Cl2N9O4. The smallest absolute Gasteiger partial charge is 0.249 e. The van der Waals surface area contributed by atoms with Crippen LogP contribution in [-0.2, 0) is 22.7 Å². The van der Waals surface area contributed by atoms with Crippen LogP contribution in [0.15, 0.2) is 60.2 Å². The summed E-state index contributed by atoms with van der Waals surface area (Å²) < 4.78 is 13.3. The van der Waals surface area contributed by atoms with Crippen molar-refractivity contribution in [2.75, 3.05) is 12.4 Å². The van der Waals surface area contributed by atoms with Crippen molar-refractivity contribution in [3.8, 4) is 5.75 Å². The predicted octanol–water partition coefficient (Wildman–Crippen LogP) is 4.01. The summed E-state index contributed by atoms with van der Waals surface area (Å²) in [5.41, 5.74) is 11.4. The Labute approximate surface area is 237 Å². The molecule has 4 aromatic rings. The second-order valence-electron chi connectivity index (χ2n) is 8.81. The number of likely N-dealkylation sites (N-methyl/N-ethyl adjacent to an activating group) is 1. The van der Waals surface area contributed by atoms with Gasteiger partial charge in [-0.2, -0.15) is 0 Å². The number of nitrogens with zero attached hydrogens (tertiary/aromatic N) is 7. The highest BCUT2D eigenvalue weighted by Crippen LogP contribution is 2.34. The number of anilines is 1. The maximum absolute atomic E-state index is 12.3. The van der Waals surface area contributed by atoms with Crippen LogP contribution in [0.25, 0.3) is 21.6 Å². The molecule has 13 nitrogen and oxygen atoms in total. The Hall–Kier alpha value is -4.13. The Bertz CT molecular complexity index is 1580. The van der Waals surface area contributed by atoms with Gasteiger partial charge < -0.3 is 25.2 Å². The van der Waals surface area contributed by atoms with Crippen molar-refractivity contribution in [1.82, 2.24) is 24.8 Å². The highest BCUT2D eigenvalue weighted by atomic mass is 35.5. The molecule has 1 saturated heterocycles. The van der Waals surface area contributed by atoms with E-state index in [0.29, 0.717) is 45.9 Å². The van der Waals surface area contributed by atoms with Gasteiger partial charge in [0, 0.05) is 34.1 Å². The van der Waals surface area contributed by atoms with Gasteiger partial charge in [0.25, 0.3) is 0 Å². The number of aliphatic hydroxyl groups is 1. The van der Waals surface area contributed by atoms with Gasteiger partial charge in [-0.25, -0.2) is 15.0 Å². The second kappa shape index (κ2) is 11.9. The van der Waals surface area contributed by atoms with Crippen LogP contribution in [0.3, 0.4) is 0 Å². The maximum Gasteiger partial charge on any atom is 0.249 e. The molecule has 0 aliphatic carbocycles. The number of benzene rings is 2. The van der Waals surface area contributed by atoms with Gasteiger partial charge in [-0.1, -0.05) is 40.4 Å². The van der Waals surface area contributed by atoms with Crippen LogP contribution in [0.2, 0.25) is 10.0 Å². The van der Waals surface area contributed by atoms with Gasteiger partial charge >= 0.3 is 0 Å². The van der Waals surface area contributed by atoms with Crippen LogP contribution in [0.5, 0.6) is 5.75 Å². The zero-order valence-electron chi connectivity index (χ0n) is 21.0. The first-order valence-electron chi connectivity index (χ1n) is 12.1. The Balaban J connectivity index is 1.36. The number of carbonyl (C=O) groups is 1. The van der Waals surface area contributed by atoms with Crippen molar-refractivity contribution >= 4 is 46.1 Å². The zero-order valence-corrected chi connectivity index (χ0v) is 22.5. The number of halogens is 2. The Kier molecular flexibility index (Phi) is 8.19. The first-order valence-corrected chi connectivity index (χ1v) is 12.8. The fourth-order valence-corrected chi connectivity index (χ4v) is 4.67. The summed E-state index contributed by atoms with van der Waals surface area (Å²) in [5.74, 6) is 0.514. The third-order valence-electron chi connectivity index (χ3n) is 6.34. The highest BCUT2D eigenvalue weighted by Gasteiger charge is 2.48. The van der Waals surface area contributed by atoms with Gasteiger partial charge in [-0.3, -0.25) is 9.36 Å². The summed E-state index contributed by atoms with van der Waals surface area (Å²) in [4.78, 5) is 28.0. The lowest BCUT2D eigenvalue weighted by Gasteiger charge is -2.17. The molecule has 1 aliphatic rings. The number of aliphatic hydroxyl groups excluding tert-OH is 1. The van der Waals surface area contributed by atoms with Gasteiger partial charge in [0.05, 0.1) is 6.33 Å². The van der Waals surface area contributed by atoms with E-state index in [9.17, 15) is 9.90 Å². The van der Waals surface area contributed by atoms with Crippen LogP contribution in [0.4, 0.5) is 5.82 Å². The molecule has 1 amide bonds. The monoisotopic (exact) mass is 583 g/mol. The van der Waals surface area contributed by atoms with Crippen molar-refractivity contribution in [2.45, 2.75) is 37.6 Å². The van der Waals surface area contributed by atoms with E-state index in [1.165, 1.54) is 24.3 Å². The lowest BCUT2D eigenvalue weighted by atomic mass is 10.1. The lowest BCUT2D eigenvalue weighted by Crippen LogP contribution is -2.40. The normalized spacial score (nSPS) is 20.2. The topological polar surface area (TPSA) is 172 Å². The van der Waals surface area contributed by atoms with Crippen LogP contribution in [0.1, 0.15) is 17.4 Å². The number of azide groups is 1. The van der Waals surface area contributed by atoms with E-state index in [-0.39, 0.29) is 0 Å². The zero-order chi connectivity index (χ0) is 28.2. The largest absolute Gasteiger partial charge is 0.489 e. The minimum atomic E-state index is -1.33. The number of nitrogens with one attached hydrogen (secondary N) is 2. The van der Waals surface area contributed by atoms with E-state index in [1.807, 2.05) is 12.1 Å². The molecular weight excluding hydrogens is 561 g/mol. The summed E-state index contributed by atoms with van der Waals surface area (Å²) in [5, 5.41) is 21.3. The number of hydrogen-bond donors (Lipinski definition) is 3. The first kappa shape index (κ1) is 27.4. The van der Waals surface area contributed by atoms with Crippen LogP contribution in [-0.4, -0.2) is 55.8 Å². The molecule has 15 heteroatoms. The molecule has 0 spiro atoms. The number of hydrogen-bond acceptors (Lipinski definition) is 9. The molecule has 3 heterocycles. The van der Waals surface area contributed by atoms with E-state index < -0.39 is 30.4 Å². The number of rotatable bonds is 9. The molecule has 4 atom stereocenters. The van der Waals surface area contributed by atoms with Crippen molar-refractivity contribution in [3.05, 3.63) is 86.7 Å². The minimum Gasteiger partial charge on any atom is -0.489 e. The molecule has 2 aromatic heterocycles. The quantitative estimate of drug-likeness (QED) is 0.150. The highest BCUT2D eigenvalue weighted by molar-refractivity contribution is 6.30. The molecule has 3 N–H and O–H groups in total. The van der Waals surface area contributed by atoms with Crippen molar-refractivity contribution < 1.29 is 19.4 Å². The van der Waals surface area contributed by atoms with E-state index in [2.05, 4.69) is 35.6 Å². The van der Waals surface area contributed by atoms with Crippen molar-refractivity contribution in [1.29, 1.82) is 0 Å². The molecule has 206 valence electrons. The molecule has 5 rings (SSSR count). The summed E-state index contributed by atoms with van der Waals surface area (Å²) in [6.07, 6.45) is -0.842. The van der Waals surface area contributed by atoms with E-state index in [0.717, 1.165) is 11.1 Å². The van der Waals surface area contributed by atoms with Crippen molar-refractivity contribution in [3.63, 3.8) is 0 Å². The van der Waals surface area contributed by atoms with Crippen LogP contribution in [0, 0.1) is 0 Å². The lowest BCUT2D eigenvalue weighted by molar-refractivity contribution is -0.134. The van der Waals surface area contributed by atoms with Gasteiger partial charge in [0.1, 0.15) is 36.9 Å². The molecule has 2 aromatic carbocycles. The predicted molar refractivity (Wildman–Crippen MR) is 147 cm³/mol. The summed E-state index contributed by atoms with van der Waals surface area (Å²) in [7, 11) is 1.42. The SMILES string of the molecule is CNC(=O)[C@H]1O[C@@H](n2cnc3c(NCc4cc(Cl)ccc4OCc4ccc(Cl)cc4)ncnc32)[C@H](O)[C@@H]1N=[N+]=[N-]. The number of aromatic nitrogens is 4. The second-order valence-corrected chi connectivity index (χ2v) is 9.69. The maximum atomic E-state index is 12.3. The molecule has 0 saturated carbocycles. The number of amides is 1. The number of fused-ring (bicyclic) bond motifs is 1. The van der Waals surface area contributed by atoms with Gasteiger partial charge in [0.15, 0.2) is 23.2 Å². The van der Waals surface area contributed by atoms with Gasteiger partial charge in [0.2, 0.25) is 5.91 Å². The average Bonchev–Trinajstić information content (AvgIpc) is 3.53. The Morgan fingerprint density at radius 1 is 1.20 bits per heavy atom. The molecule has 0 radical (unpaired) electrons. The van der Waals surface area contributed by atoms with E-state index in [1.54, 1.807) is 30.3 Å². The molecule has 1 fully saturated rings. The molecule has 40 heavy (non-hydrogen) atoms. The third kappa shape index (κ3) is 5.60. The number of carbonyl (C=O) groups excluding carboxylic acids is 1. The first-order chi connectivity index (χ1) is 19.4. The molecule has 0 unspecified atom stereocenters. The fraction of sp³-hybridized carbons (Fsp3) is 0.280. The summed E-state index contributed by atoms with van der Waals surface area (Å²) in [6, 6.07) is 11.6. The van der Waals surface area contributed by atoms with Crippen LogP contribution >= 0.6 is 23.2 Å². The van der Waals surface area contributed by atoms with E-state index >= 15 is 0 Å². The Morgan fingerprint density at radius 2 is 1.98 bits per heavy atom. The molecule has 1 aliphatic heterocycles.